The lowest BCUT2D eigenvalue weighted by Gasteiger charge is -2.14. The number of carbonyl (C=O) groups is 1. The van der Waals surface area contributed by atoms with Gasteiger partial charge >= 0.3 is 6.03 Å². The highest BCUT2D eigenvalue weighted by molar-refractivity contribution is 5.90. The molecule has 2 amide bonds. The summed E-state index contributed by atoms with van der Waals surface area (Å²) in [5, 5.41) is 9.10. The Hall–Kier alpha value is -3.81. The summed E-state index contributed by atoms with van der Waals surface area (Å²) >= 11 is 0. The van der Waals surface area contributed by atoms with Crippen LogP contribution in [0.3, 0.4) is 0 Å². The van der Waals surface area contributed by atoms with Crippen LogP contribution in [0.25, 0.3) is 11.3 Å². The maximum absolute atomic E-state index is 12.2. The summed E-state index contributed by atoms with van der Waals surface area (Å²) in [4.78, 5) is 21.1. The topological polar surface area (TPSA) is 114 Å². The number of benzene rings is 2. The van der Waals surface area contributed by atoms with Crippen LogP contribution in [-0.4, -0.2) is 29.2 Å². The van der Waals surface area contributed by atoms with E-state index in [-0.39, 0.29) is 12.1 Å². The number of amides is 2. The summed E-state index contributed by atoms with van der Waals surface area (Å²) in [5.41, 5.74) is 9.62. The van der Waals surface area contributed by atoms with Crippen molar-refractivity contribution in [2.45, 2.75) is 31.7 Å². The number of nitrogens with one attached hydrogen (secondary N) is 3. The fraction of sp³-hybridized carbons (Fsp3) is 0.261. The number of rotatable bonds is 6. The molecular weight excluding hydrogens is 392 g/mol. The summed E-state index contributed by atoms with van der Waals surface area (Å²) in [6.45, 7) is 0. The first-order chi connectivity index (χ1) is 15.1. The van der Waals surface area contributed by atoms with E-state index in [4.69, 9.17) is 10.5 Å². The Kier molecular flexibility index (Phi) is 6.16. The van der Waals surface area contributed by atoms with Gasteiger partial charge in [-0.05, 0) is 55.3 Å². The second-order valence-electron chi connectivity index (χ2n) is 7.51. The predicted octanol–water partition coefficient (Wildman–Crippen LogP) is 4.54. The number of carbonyl (C=O) groups excluding carboxylic acids is 1. The van der Waals surface area contributed by atoms with Crippen molar-refractivity contribution in [3.8, 4) is 17.0 Å². The normalized spacial score (nSPS) is 13.6. The van der Waals surface area contributed by atoms with Crippen LogP contribution in [0.1, 0.15) is 25.7 Å². The zero-order chi connectivity index (χ0) is 21.6. The number of aromatic nitrogens is 2. The fourth-order valence-electron chi connectivity index (χ4n) is 3.70. The minimum Gasteiger partial charge on any atom is -0.495 e. The highest BCUT2D eigenvalue weighted by Gasteiger charge is 2.17. The van der Waals surface area contributed by atoms with Gasteiger partial charge in [-0.1, -0.05) is 18.9 Å². The van der Waals surface area contributed by atoms with Crippen molar-refractivity contribution >= 4 is 29.0 Å². The molecule has 2 aromatic carbocycles. The summed E-state index contributed by atoms with van der Waals surface area (Å²) in [6, 6.07) is 14.9. The van der Waals surface area contributed by atoms with Gasteiger partial charge in [-0.3, -0.25) is 0 Å². The molecule has 1 aromatic heterocycles. The lowest BCUT2D eigenvalue weighted by Crippen LogP contribution is -2.36. The van der Waals surface area contributed by atoms with Crippen LogP contribution in [0, 0.1) is 0 Å². The minimum absolute atomic E-state index is 0.181. The van der Waals surface area contributed by atoms with Crippen LogP contribution in [-0.2, 0) is 0 Å². The highest BCUT2D eigenvalue weighted by Crippen LogP contribution is 2.28. The van der Waals surface area contributed by atoms with Gasteiger partial charge in [0.05, 0.1) is 18.5 Å². The molecule has 1 fully saturated rings. The standard InChI is InChI=1S/C23H26N6O2/c1-31-21-10-9-15(13-19(21)24)20-11-12-25-22(29-20)26-17-7-4-8-18(14-17)28-23(30)27-16-5-2-3-6-16/h4,7-14,16H,2-3,5-6,24H2,1H3,(H,25,26,29)(H2,27,28,30). The second-order valence-corrected chi connectivity index (χ2v) is 7.51. The first kappa shape index (κ1) is 20.5. The molecule has 0 atom stereocenters. The summed E-state index contributed by atoms with van der Waals surface area (Å²) in [7, 11) is 1.58. The molecule has 0 bridgehead atoms. The van der Waals surface area contributed by atoms with Crippen LogP contribution >= 0.6 is 0 Å². The van der Waals surface area contributed by atoms with E-state index in [1.54, 1.807) is 13.3 Å². The second kappa shape index (κ2) is 9.34. The first-order valence-corrected chi connectivity index (χ1v) is 10.3. The molecule has 1 heterocycles. The highest BCUT2D eigenvalue weighted by atomic mass is 16.5. The molecule has 0 spiro atoms. The zero-order valence-electron chi connectivity index (χ0n) is 17.4. The monoisotopic (exact) mass is 418 g/mol. The first-order valence-electron chi connectivity index (χ1n) is 10.3. The number of nitrogen functional groups attached to an aromatic ring is 1. The fourth-order valence-corrected chi connectivity index (χ4v) is 3.70. The number of nitrogens with zero attached hydrogens (tertiary/aromatic N) is 2. The quantitative estimate of drug-likeness (QED) is 0.437. The molecule has 0 radical (unpaired) electrons. The van der Waals surface area contributed by atoms with Gasteiger partial charge < -0.3 is 26.4 Å². The Morgan fingerprint density at radius 3 is 2.68 bits per heavy atom. The SMILES string of the molecule is COc1ccc(-c2ccnc(Nc3cccc(NC(=O)NC4CCCC4)c3)n2)cc1N. The van der Waals surface area contributed by atoms with E-state index in [0.717, 1.165) is 29.8 Å². The number of hydrogen-bond donors (Lipinski definition) is 4. The Morgan fingerprint density at radius 2 is 1.90 bits per heavy atom. The van der Waals surface area contributed by atoms with Crippen LogP contribution in [0.4, 0.5) is 27.8 Å². The number of methoxy groups -OCH3 is 1. The van der Waals surface area contributed by atoms with Crippen molar-refractivity contribution in [2.75, 3.05) is 23.5 Å². The van der Waals surface area contributed by atoms with Gasteiger partial charge in [-0.2, -0.15) is 0 Å². The third-order valence-electron chi connectivity index (χ3n) is 5.25. The van der Waals surface area contributed by atoms with Gasteiger partial charge in [0.25, 0.3) is 0 Å². The number of anilines is 4. The van der Waals surface area contributed by atoms with E-state index in [0.29, 0.717) is 23.1 Å². The summed E-state index contributed by atoms with van der Waals surface area (Å²) in [6.07, 6.45) is 6.12. The van der Waals surface area contributed by atoms with E-state index in [1.165, 1.54) is 12.8 Å². The van der Waals surface area contributed by atoms with Gasteiger partial charge in [0.1, 0.15) is 5.75 Å². The predicted molar refractivity (Wildman–Crippen MR) is 123 cm³/mol. The largest absolute Gasteiger partial charge is 0.495 e. The van der Waals surface area contributed by atoms with E-state index >= 15 is 0 Å². The van der Waals surface area contributed by atoms with E-state index in [2.05, 4.69) is 25.9 Å². The molecule has 4 rings (SSSR count). The summed E-state index contributed by atoms with van der Waals surface area (Å²) < 4.78 is 5.21. The molecule has 8 heteroatoms. The molecule has 1 aliphatic carbocycles. The average Bonchev–Trinajstić information content (AvgIpc) is 3.27. The van der Waals surface area contributed by atoms with Crippen LogP contribution in [0.15, 0.2) is 54.7 Å². The molecule has 0 saturated heterocycles. The molecule has 160 valence electrons. The maximum atomic E-state index is 12.2. The van der Waals surface area contributed by atoms with Crippen LogP contribution < -0.4 is 26.4 Å². The number of nitrogens with two attached hydrogens (primary N) is 1. The van der Waals surface area contributed by atoms with Crippen LogP contribution in [0.2, 0.25) is 0 Å². The molecule has 1 saturated carbocycles. The lowest BCUT2D eigenvalue weighted by molar-refractivity contribution is 0.248. The zero-order valence-corrected chi connectivity index (χ0v) is 17.4. The smallest absolute Gasteiger partial charge is 0.319 e. The molecule has 5 N–H and O–H groups in total. The minimum atomic E-state index is -0.181. The van der Waals surface area contributed by atoms with Crippen molar-refractivity contribution in [3.63, 3.8) is 0 Å². The lowest BCUT2D eigenvalue weighted by atomic mass is 10.1. The van der Waals surface area contributed by atoms with Crippen LogP contribution in [0.5, 0.6) is 5.75 Å². The Balaban J connectivity index is 1.44. The maximum Gasteiger partial charge on any atom is 0.319 e. The van der Waals surface area contributed by atoms with Gasteiger partial charge in [0.15, 0.2) is 0 Å². The molecule has 0 unspecified atom stereocenters. The van der Waals surface area contributed by atoms with Gasteiger partial charge in [-0.15, -0.1) is 0 Å². The number of ether oxygens (including phenoxy) is 1. The van der Waals surface area contributed by atoms with Crippen molar-refractivity contribution in [1.29, 1.82) is 0 Å². The number of urea groups is 1. The molecule has 31 heavy (non-hydrogen) atoms. The van der Waals surface area contributed by atoms with Gasteiger partial charge in [0.2, 0.25) is 5.95 Å². The van der Waals surface area contributed by atoms with Gasteiger partial charge in [0, 0.05) is 29.2 Å². The van der Waals surface area contributed by atoms with Crippen molar-refractivity contribution in [2.24, 2.45) is 0 Å². The molecule has 3 aromatic rings. The molecule has 8 nitrogen and oxygen atoms in total. The average molecular weight is 419 g/mol. The third-order valence-corrected chi connectivity index (χ3v) is 5.25. The van der Waals surface area contributed by atoms with Gasteiger partial charge in [-0.25, -0.2) is 14.8 Å². The number of hydrogen-bond acceptors (Lipinski definition) is 6. The Labute approximate surface area is 181 Å². The third kappa shape index (κ3) is 5.22. The van der Waals surface area contributed by atoms with E-state index in [9.17, 15) is 4.79 Å². The van der Waals surface area contributed by atoms with Crippen molar-refractivity contribution in [3.05, 3.63) is 54.7 Å². The Morgan fingerprint density at radius 1 is 1.10 bits per heavy atom. The van der Waals surface area contributed by atoms with Crippen molar-refractivity contribution < 1.29 is 9.53 Å². The molecule has 0 aliphatic heterocycles. The van der Waals surface area contributed by atoms with E-state index < -0.39 is 0 Å². The molecule has 1 aliphatic rings. The summed E-state index contributed by atoms with van der Waals surface area (Å²) in [5.74, 6) is 1.07. The molecular formula is C23H26N6O2. The van der Waals surface area contributed by atoms with Crippen molar-refractivity contribution in [1.82, 2.24) is 15.3 Å². The Bertz CT molecular complexity index is 1070. The van der Waals surface area contributed by atoms with E-state index in [1.807, 2.05) is 48.5 Å².